The van der Waals surface area contributed by atoms with Gasteiger partial charge in [0.15, 0.2) is 0 Å². The summed E-state index contributed by atoms with van der Waals surface area (Å²) in [5.41, 5.74) is 0. The van der Waals surface area contributed by atoms with Crippen LogP contribution in [0.25, 0.3) is 0 Å². The highest BCUT2D eigenvalue weighted by Crippen LogP contribution is 2.10. The Balaban J connectivity index is 2.47. The number of nitrogens with zero attached hydrogens (tertiary/aromatic N) is 2. The fraction of sp³-hybridized carbons (Fsp3) is 0.778. The molecule has 1 N–H and O–H groups in total. The quantitative estimate of drug-likeness (QED) is 0.503. The summed E-state index contributed by atoms with van der Waals surface area (Å²) in [5.74, 6) is 0.0720. The van der Waals surface area contributed by atoms with Crippen molar-refractivity contribution in [2.24, 2.45) is 0 Å². The predicted molar refractivity (Wildman–Crippen MR) is 50.0 cm³/mol. The minimum Gasteiger partial charge on any atom is -0.376 e. The number of aliphatic hydroxyl groups excluding tert-OH is 1. The van der Waals surface area contributed by atoms with E-state index in [4.69, 9.17) is 5.11 Å². The summed E-state index contributed by atoms with van der Waals surface area (Å²) in [6, 6.07) is 0. The van der Waals surface area contributed by atoms with Crippen molar-refractivity contribution in [3.63, 3.8) is 0 Å². The Labute approximate surface area is 83.3 Å². The molecule has 80 valence electrons. The third kappa shape index (κ3) is 2.99. The smallest absolute Gasteiger partial charge is 0.223 e. The first-order valence-corrected chi connectivity index (χ1v) is 4.86. The van der Waals surface area contributed by atoms with Gasteiger partial charge in [-0.15, -0.1) is 0 Å². The summed E-state index contributed by atoms with van der Waals surface area (Å²) in [6.45, 7) is 0.551. The fourth-order valence-corrected chi connectivity index (χ4v) is 1.52. The van der Waals surface area contributed by atoms with E-state index < -0.39 is 0 Å². The largest absolute Gasteiger partial charge is 0.376 e. The van der Waals surface area contributed by atoms with Gasteiger partial charge < -0.3 is 14.9 Å². The van der Waals surface area contributed by atoms with Gasteiger partial charge >= 0.3 is 0 Å². The first kappa shape index (κ1) is 11.0. The van der Waals surface area contributed by atoms with Gasteiger partial charge in [-0.2, -0.15) is 0 Å². The molecule has 1 saturated heterocycles. The van der Waals surface area contributed by atoms with Gasteiger partial charge in [-0.1, -0.05) is 6.42 Å². The van der Waals surface area contributed by atoms with Gasteiger partial charge in [-0.05, 0) is 12.8 Å². The average Bonchev–Trinajstić information content (AvgIpc) is 2.40. The van der Waals surface area contributed by atoms with E-state index in [0.717, 1.165) is 19.3 Å². The van der Waals surface area contributed by atoms with Crippen molar-refractivity contribution in [1.82, 2.24) is 9.80 Å². The van der Waals surface area contributed by atoms with Crippen molar-refractivity contribution in [3.05, 3.63) is 0 Å². The fourth-order valence-electron chi connectivity index (χ4n) is 1.52. The van der Waals surface area contributed by atoms with E-state index in [9.17, 15) is 9.59 Å². The zero-order valence-corrected chi connectivity index (χ0v) is 8.19. The first-order valence-electron chi connectivity index (χ1n) is 4.86. The molecule has 2 amide bonds. The third-order valence-corrected chi connectivity index (χ3v) is 2.35. The summed E-state index contributed by atoms with van der Waals surface area (Å²) in [4.78, 5) is 24.7. The van der Waals surface area contributed by atoms with Crippen LogP contribution in [-0.4, -0.2) is 47.2 Å². The van der Waals surface area contributed by atoms with E-state index in [2.05, 4.69) is 0 Å². The standard InChI is InChI=1S/C9H16N2O3/c12-7-10(8-13)6-11-5-3-1-2-4-9(11)14/h7,13H,1-6,8H2. The highest BCUT2D eigenvalue weighted by molar-refractivity contribution is 5.76. The van der Waals surface area contributed by atoms with Gasteiger partial charge in [0.2, 0.25) is 12.3 Å². The molecule has 1 fully saturated rings. The second kappa shape index (κ2) is 5.59. The van der Waals surface area contributed by atoms with Crippen LogP contribution in [0.5, 0.6) is 0 Å². The molecule has 0 aliphatic carbocycles. The maximum atomic E-state index is 11.5. The molecule has 1 heterocycles. The molecule has 0 atom stereocenters. The van der Waals surface area contributed by atoms with Crippen LogP contribution in [0, 0.1) is 0 Å². The van der Waals surface area contributed by atoms with E-state index in [1.54, 1.807) is 4.90 Å². The molecular formula is C9H16N2O3. The normalized spacial score (nSPS) is 17.8. The van der Waals surface area contributed by atoms with Crippen LogP contribution >= 0.6 is 0 Å². The van der Waals surface area contributed by atoms with Gasteiger partial charge in [0.1, 0.15) is 6.73 Å². The predicted octanol–water partition coefficient (Wildman–Crippen LogP) is -0.245. The number of hydrogen-bond donors (Lipinski definition) is 1. The third-order valence-electron chi connectivity index (χ3n) is 2.35. The van der Waals surface area contributed by atoms with Crippen LogP contribution in [0.1, 0.15) is 25.7 Å². The number of hydrogen-bond acceptors (Lipinski definition) is 3. The Morgan fingerprint density at radius 2 is 2.21 bits per heavy atom. The molecule has 5 heteroatoms. The lowest BCUT2D eigenvalue weighted by Gasteiger charge is -2.25. The monoisotopic (exact) mass is 200 g/mol. The lowest BCUT2D eigenvalue weighted by atomic mass is 10.2. The molecule has 1 aliphatic heterocycles. The van der Waals surface area contributed by atoms with E-state index in [1.165, 1.54) is 4.90 Å². The molecule has 0 unspecified atom stereocenters. The highest BCUT2D eigenvalue weighted by Gasteiger charge is 2.17. The second-order valence-corrected chi connectivity index (χ2v) is 3.44. The Kier molecular flexibility index (Phi) is 4.39. The number of rotatable bonds is 4. The number of carbonyl (C=O) groups is 2. The van der Waals surface area contributed by atoms with Gasteiger partial charge in [-0.3, -0.25) is 9.59 Å². The summed E-state index contributed by atoms with van der Waals surface area (Å²) < 4.78 is 0. The van der Waals surface area contributed by atoms with Crippen molar-refractivity contribution >= 4 is 12.3 Å². The van der Waals surface area contributed by atoms with Gasteiger partial charge in [0.05, 0.1) is 6.67 Å². The summed E-state index contributed by atoms with van der Waals surface area (Å²) in [7, 11) is 0. The molecule has 1 aliphatic rings. The lowest BCUT2D eigenvalue weighted by molar-refractivity contribution is -0.136. The zero-order chi connectivity index (χ0) is 10.4. The minimum absolute atomic E-state index is 0.0720. The molecule has 1 rings (SSSR count). The maximum Gasteiger partial charge on any atom is 0.223 e. The second-order valence-electron chi connectivity index (χ2n) is 3.44. The molecule has 0 aromatic carbocycles. The lowest BCUT2D eigenvalue weighted by Crippen LogP contribution is -2.41. The Hall–Kier alpha value is -1.10. The number of likely N-dealkylation sites (tertiary alicyclic amines) is 1. The molecule has 0 aromatic heterocycles. The molecule has 0 saturated carbocycles. The van der Waals surface area contributed by atoms with E-state index in [0.29, 0.717) is 19.4 Å². The number of amides is 2. The Morgan fingerprint density at radius 3 is 2.86 bits per heavy atom. The minimum atomic E-state index is -0.340. The number of aliphatic hydroxyl groups is 1. The van der Waals surface area contributed by atoms with Crippen LogP contribution in [0.15, 0.2) is 0 Å². The van der Waals surface area contributed by atoms with Crippen molar-refractivity contribution < 1.29 is 14.7 Å². The molecule has 0 aromatic rings. The molecular weight excluding hydrogens is 184 g/mol. The van der Waals surface area contributed by atoms with Crippen LogP contribution in [0.2, 0.25) is 0 Å². The van der Waals surface area contributed by atoms with Gasteiger partial charge in [0.25, 0.3) is 0 Å². The van der Waals surface area contributed by atoms with Crippen LogP contribution in [0.4, 0.5) is 0 Å². The Bertz CT molecular complexity index is 208. The number of carbonyl (C=O) groups excluding carboxylic acids is 2. The molecule has 0 radical (unpaired) electrons. The van der Waals surface area contributed by atoms with Crippen LogP contribution in [-0.2, 0) is 9.59 Å². The van der Waals surface area contributed by atoms with Crippen LogP contribution in [0.3, 0.4) is 0 Å². The zero-order valence-electron chi connectivity index (χ0n) is 8.19. The van der Waals surface area contributed by atoms with Crippen molar-refractivity contribution in [2.75, 3.05) is 19.9 Å². The summed E-state index contributed by atoms with van der Waals surface area (Å²) in [5, 5.41) is 8.77. The summed E-state index contributed by atoms with van der Waals surface area (Å²) in [6.07, 6.45) is 4.07. The average molecular weight is 200 g/mol. The molecule has 14 heavy (non-hydrogen) atoms. The summed E-state index contributed by atoms with van der Waals surface area (Å²) >= 11 is 0. The van der Waals surface area contributed by atoms with Crippen LogP contribution < -0.4 is 0 Å². The van der Waals surface area contributed by atoms with Crippen molar-refractivity contribution in [1.29, 1.82) is 0 Å². The van der Waals surface area contributed by atoms with Crippen molar-refractivity contribution in [3.8, 4) is 0 Å². The highest BCUT2D eigenvalue weighted by atomic mass is 16.3. The van der Waals surface area contributed by atoms with Gasteiger partial charge in [-0.25, -0.2) is 0 Å². The van der Waals surface area contributed by atoms with E-state index >= 15 is 0 Å². The SMILES string of the molecule is O=CN(CO)CN1CCCCCC1=O. The van der Waals surface area contributed by atoms with E-state index in [-0.39, 0.29) is 19.3 Å². The molecule has 0 bridgehead atoms. The Morgan fingerprint density at radius 1 is 1.43 bits per heavy atom. The van der Waals surface area contributed by atoms with Gasteiger partial charge in [0, 0.05) is 13.0 Å². The van der Waals surface area contributed by atoms with Crippen molar-refractivity contribution in [2.45, 2.75) is 25.7 Å². The first-order chi connectivity index (χ1) is 6.77. The molecule has 5 nitrogen and oxygen atoms in total. The molecule has 0 spiro atoms. The topological polar surface area (TPSA) is 60.9 Å². The maximum absolute atomic E-state index is 11.5. The van der Waals surface area contributed by atoms with E-state index in [1.807, 2.05) is 0 Å².